The van der Waals surface area contributed by atoms with Gasteiger partial charge >= 0.3 is 5.97 Å². The predicted octanol–water partition coefficient (Wildman–Crippen LogP) is 4.78. The van der Waals surface area contributed by atoms with Gasteiger partial charge in [0, 0.05) is 30.6 Å². The van der Waals surface area contributed by atoms with E-state index in [0.29, 0.717) is 42.9 Å². The number of hydrogen-bond acceptors (Lipinski definition) is 4. The molecule has 1 aromatic heterocycles. The summed E-state index contributed by atoms with van der Waals surface area (Å²) in [4.78, 5) is 21.2. The van der Waals surface area contributed by atoms with Crippen molar-refractivity contribution in [1.29, 1.82) is 0 Å². The average molecular weight is 409 g/mol. The smallest absolute Gasteiger partial charge is 0.303 e. The maximum absolute atomic E-state index is 14.9. The summed E-state index contributed by atoms with van der Waals surface area (Å²) in [5.41, 5.74) is 2.13. The van der Waals surface area contributed by atoms with Crippen molar-refractivity contribution in [3.8, 4) is 22.5 Å². The van der Waals surface area contributed by atoms with Crippen molar-refractivity contribution < 1.29 is 18.7 Å². The van der Waals surface area contributed by atoms with Crippen molar-refractivity contribution in [1.82, 2.24) is 9.97 Å². The number of anilines is 1. The van der Waals surface area contributed by atoms with E-state index in [1.54, 1.807) is 11.1 Å². The van der Waals surface area contributed by atoms with Gasteiger partial charge in [-0.15, -0.1) is 0 Å². The molecule has 2 aromatic carbocycles. The molecule has 4 rings (SSSR count). The molecule has 7 heteroatoms. The summed E-state index contributed by atoms with van der Waals surface area (Å²) in [7, 11) is 0. The Labute approximate surface area is 173 Å². The van der Waals surface area contributed by atoms with Crippen LogP contribution in [0.5, 0.6) is 0 Å². The molecule has 1 fully saturated rings. The molecule has 0 spiro atoms. The number of aliphatic carboxylic acids is 1. The SMILES string of the molecule is O=C(O)CC1CCN(c2c(F)cc(-c3cncc(-c4ccccc4)n3)cc2F)CC1. The number of rotatable bonds is 5. The van der Waals surface area contributed by atoms with Gasteiger partial charge in [-0.3, -0.25) is 9.78 Å². The van der Waals surface area contributed by atoms with Crippen molar-refractivity contribution in [2.45, 2.75) is 19.3 Å². The first kappa shape index (κ1) is 19.9. The monoisotopic (exact) mass is 409 g/mol. The Bertz CT molecular complexity index is 1030. The van der Waals surface area contributed by atoms with Gasteiger partial charge in [-0.1, -0.05) is 30.3 Å². The van der Waals surface area contributed by atoms with Gasteiger partial charge in [0.25, 0.3) is 0 Å². The number of carboxylic acids is 1. The molecule has 1 saturated heterocycles. The summed E-state index contributed by atoms with van der Waals surface area (Å²) in [6.07, 6.45) is 4.38. The summed E-state index contributed by atoms with van der Waals surface area (Å²) in [6.45, 7) is 0.850. The van der Waals surface area contributed by atoms with Crippen molar-refractivity contribution in [2.24, 2.45) is 5.92 Å². The molecule has 0 radical (unpaired) electrons. The van der Waals surface area contributed by atoms with Crippen LogP contribution in [-0.4, -0.2) is 34.1 Å². The Balaban J connectivity index is 1.57. The first-order valence-electron chi connectivity index (χ1n) is 9.85. The Morgan fingerprint density at radius 3 is 2.20 bits per heavy atom. The van der Waals surface area contributed by atoms with Crippen LogP contribution in [0.3, 0.4) is 0 Å². The molecule has 0 unspecified atom stereocenters. The molecule has 30 heavy (non-hydrogen) atoms. The molecule has 0 atom stereocenters. The molecule has 1 N–H and O–H groups in total. The molecule has 3 aromatic rings. The molecule has 5 nitrogen and oxygen atoms in total. The van der Waals surface area contributed by atoms with Crippen LogP contribution >= 0.6 is 0 Å². The molecule has 154 valence electrons. The standard InChI is InChI=1S/C23H21F2N3O2/c24-18-11-17(21-14-26-13-20(27-21)16-4-2-1-3-5-16)12-19(25)23(18)28-8-6-15(7-9-28)10-22(29)30/h1-5,11-15H,6-10H2,(H,29,30). The molecule has 0 bridgehead atoms. The molecular formula is C23H21F2N3O2. The fraction of sp³-hybridized carbons (Fsp3) is 0.261. The van der Waals surface area contributed by atoms with Crippen LogP contribution in [0.15, 0.2) is 54.9 Å². The van der Waals surface area contributed by atoms with Crippen LogP contribution in [0, 0.1) is 17.6 Å². The third kappa shape index (κ3) is 4.30. The van der Waals surface area contributed by atoms with Gasteiger partial charge < -0.3 is 10.0 Å². The maximum atomic E-state index is 14.9. The summed E-state index contributed by atoms with van der Waals surface area (Å²) >= 11 is 0. The minimum absolute atomic E-state index is 0.0418. The molecule has 1 aliphatic rings. The zero-order chi connectivity index (χ0) is 21.1. The number of carbonyl (C=O) groups is 1. The number of nitrogens with zero attached hydrogens (tertiary/aromatic N) is 3. The first-order valence-corrected chi connectivity index (χ1v) is 9.85. The van der Waals surface area contributed by atoms with E-state index in [1.165, 1.54) is 18.3 Å². The lowest BCUT2D eigenvalue weighted by Gasteiger charge is -2.33. The van der Waals surface area contributed by atoms with E-state index in [9.17, 15) is 13.6 Å². The van der Waals surface area contributed by atoms with Gasteiger partial charge in [-0.2, -0.15) is 0 Å². The van der Waals surface area contributed by atoms with E-state index in [4.69, 9.17) is 5.11 Å². The summed E-state index contributed by atoms with van der Waals surface area (Å²) in [5.74, 6) is -2.11. The average Bonchev–Trinajstić information content (AvgIpc) is 2.75. The quantitative estimate of drug-likeness (QED) is 0.657. The number of carboxylic acid groups (broad SMARTS) is 1. The van der Waals surface area contributed by atoms with Gasteiger partial charge in [0.05, 0.1) is 23.8 Å². The number of halogens is 2. The molecule has 0 aliphatic carbocycles. The van der Waals surface area contributed by atoms with Crippen molar-refractivity contribution in [3.63, 3.8) is 0 Å². The zero-order valence-electron chi connectivity index (χ0n) is 16.3. The van der Waals surface area contributed by atoms with Crippen LogP contribution in [-0.2, 0) is 4.79 Å². The highest BCUT2D eigenvalue weighted by Gasteiger charge is 2.25. The zero-order valence-corrected chi connectivity index (χ0v) is 16.3. The van der Waals surface area contributed by atoms with E-state index < -0.39 is 17.6 Å². The highest BCUT2D eigenvalue weighted by Crippen LogP contribution is 2.33. The van der Waals surface area contributed by atoms with E-state index in [0.717, 1.165) is 5.56 Å². The van der Waals surface area contributed by atoms with Gasteiger partial charge in [-0.05, 0) is 30.9 Å². The largest absolute Gasteiger partial charge is 0.481 e. The summed E-state index contributed by atoms with van der Waals surface area (Å²) in [6, 6.07) is 12.0. The number of hydrogen-bond donors (Lipinski definition) is 1. The van der Waals surface area contributed by atoms with Gasteiger partial charge in [0.1, 0.15) is 17.3 Å². The van der Waals surface area contributed by atoms with Crippen LogP contribution in [0.1, 0.15) is 19.3 Å². The minimum atomic E-state index is -0.839. The van der Waals surface area contributed by atoms with Crippen LogP contribution in [0.25, 0.3) is 22.5 Å². The fourth-order valence-corrected chi connectivity index (χ4v) is 3.88. The third-order valence-corrected chi connectivity index (χ3v) is 5.41. The molecular weight excluding hydrogens is 388 g/mol. The Hall–Kier alpha value is -3.35. The second-order valence-electron chi connectivity index (χ2n) is 7.47. The number of piperidine rings is 1. The first-order chi connectivity index (χ1) is 14.5. The lowest BCUT2D eigenvalue weighted by Crippen LogP contribution is -2.35. The highest BCUT2D eigenvalue weighted by atomic mass is 19.1. The van der Waals surface area contributed by atoms with E-state index >= 15 is 0 Å². The summed E-state index contributed by atoms with van der Waals surface area (Å²) < 4.78 is 29.8. The van der Waals surface area contributed by atoms with Crippen LogP contribution in [0.4, 0.5) is 14.5 Å². The lowest BCUT2D eigenvalue weighted by atomic mass is 9.93. The predicted molar refractivity (Wildman–Crippen MR) is 110 cm³/mol. The minimum Gasteiger partial charge on any atom is -0.481 e. The normalized spacial score (nSPS) is 14.7. The molecule has 2 heterocycles. The molecule has 0 saturated carbocycles. The Kier molecular flexibility index (Phi) is 5.70. The van der Waals surface area contributed by atoms with Crippen molar-refractivity contribution in [2.75, 3.05) is 18.0 Å². The number of aromatic nitrogens is 2. The molecule has 0 amide bonds. The van der Waals surface area contributed by atoms with Gasteiger partial charge in [0.2, 0.25) is 0 Å². The van der Waals surface area contributed by atoms with Crippen molar-refractivity contribution in [3.05, 3.63) is 66.5 Å². The maximum Gasteiger partial charge on any atom is 0.303 e. The Morgan fingerprint density at radius 2 is 1.60 bits per heavy atom. The van der Waals surface area contributed by atoms with E-state index in [2.05, 4.69) is 9.97 Å². The molecule has 1 aliphatic heterocycles. The second-order valence-corrected chi connectivity index (χ2v) is 7.47. The Morgan fingerprint density at radius 1 is 1.00 bits per heavy atom. The van der Waals surface area contributed by atoms with Gasteiger partial charge in [-0.25, -0.2) is 13.8 Å². The van der Waals surface area contributed by atoms with Crippen LogP contribution in [0.2, 0.25) is 0 Å². The highest BCUT2D eigenvalue weighted by molar-refractivity contribution is 5.68. The van der Waals surface area contributed by atoms with Gasteiger partial charge in [0.15, 0.2) is 0 Å². The van der Waals surface area contributed by atoms with Crippen LogP contribution < -0.4 is 4.90 Å². The lowest BCUT2D eigenvalue weighted by molar-refractivity contribution is -0.138. The fourth-order valence-electron chi connectivity index (χ4n) is 3.88. The summed E-state index contributed by atoms with van der Waals surface area (Å²) in [5, 5.41) is 8.92. The van der Waals surface area contributed by atoms with E-state index in [1.807, 2.05) is 30.3 Å². The third-order valence-electron chi connectivity index (χ3n) is 5.41. The number of benzene rings is 2. The van der Waals surface area contributed by atoms with E-state index in [-0.39, 0.29) is 18.0 Å². The van der Waals surface area contributed by atoms with Crippen molar-refractivity contribution >= 4 is 11.7 Å². The topological polar surface area (TPSA) is 66.3 Å². The second kappa shape index (κ2) is 8.57.